The number of rotatable bonds is 5. The van der Waals surface area contributed by atoms with Crippen molar-refractivity contribution in [2.45, 2.75) is 13.3 Å². The third-order valence-electron chi connectivity index (χ3n) is 2.43. The summed E-state index contributed by atoms with van der Waals surface area (Å²) in [5, 5.41) is 9.35. The number of H-pyrrole nitrogens is 1. The van der Waals surface area contributed by atoms with Crippen molar-refractivity contribution in [2.24, 2.45) is 0 Å². The maximum atomic E-state index is 11.6. The molecule has 1 aromatic carbocycles. The summed E-state index contributed by atoms with van der Waals surface area (Å²) in [5.74, 6) is 1.03. The lowest BCUT2D eigenvalue weighted by Crippen LogP contribution is -2.15. The van der Waals surface area contributed by atoms with Crippen LogP contribution in [0.15, 0.2) is 30.3 Å². The number of carbonyl (C=O) groups excluding carboxylic acids is 1. The van der Waals surface area contributed by atoms with Gasteiger partial charge in [0.05, 0.1) is 13.0 Å². The molecule has 6 nitrogen and oxygen atoms in total. The Morgan fingerprint density at radius 2 is 2.32 bits per heavy atom. The zero-order valence-electron chi connectivity index (χ0n) is 10.6. The molecule has 0 atom stereocenters. The number of anilines is 2. The van der Waals surface area contributed by atoms with Crippen molar-refractivity contribution in [1.82, 2.24) is 10.2 Å². The highest BCUT2D eigenvalue weighted by atomic mass is 16.5. The van der Waals surface area contributed by atoms with Crippen LogP contribution in [-0.2, 0) is 4.79 Å². The number of nitrogens with one attached hydrogen (secondary N) is 2. The number of amides is 1. The third kappa shape index (κ3) is 4.02. The molecule has 2 aromatic rings. The van der Waals surface area contributed by atoms with E-state index < -0.39 is 0 Å². The van der Waals surface area contributed by atoms with Crippen LogP contribution in [-0.4, -0.2) is 22.7 Å². The van der Waals surface area contributed by atoms with E-state index in [9.17, 15) is 4.79 Å². The minimum Gasteiger partial charge on any atom is -0.493 e. The number of ether oxygens (including phenoxy) is 1. The van der Waals surface area contributed by atoms with Crippen LogP contribution in [0.2, 0.25) is 0 Å². The lowest BCUT2D eigenvalue weighted by Gasteiger charge is -2.06. The molecule has 1 heterocycles. The number of carbonyl (C=O) groups is 1. The topological polar surface area (TPSA) is 93.0 Å². The maximum Gasteiger partial charge on any atom is 0.229 e. The van der Waals surface area contributed by atoms with Gasteiger partial charge in [0, 0.05) is 23.5 Å². The molecular formula is C13H16N4O2. The van der Waals surface area contributed by atoms with Gasteiger partial charge >= 0.3 is 0 Å². The molecule has 0 fully saturated rings. The summed E-state index contributed by atoms with van der Waals surface area (Å²) in [7, 11) is 0. The van der Waals surface area contributed by atoms with Crippen LogP contribution in [0.3, 0.4) is 0 Å². The molecule has 19 heavy (non-hydrogen) atoms. The number of aryl methyl sites for hydroxylation is 1. The van der Waals surface area contributed by atoms with Crippen LogP contribution in [0.4, 0.5) is 11.5 Å². The van der Waals surface area contributed by atoms with E-state index in [-0.39, 0.29) is 12.3 Å². The van der Waals surface area contributed by atoms with E-state index in [4.69, 9.17) is 10.5 Å². The van der Waals surface area contributed by atoms with Crippen molar-refractivity contribution < 1.29 is 9.53 Å². The number of benzene rings is 1. The van der Waals surface area contributed by atoms with Crippen LogP contribution in [0.1, 0.15) is 12.1 Å². The van der Waals surface area contributed by atoms with Crippen LogP contribution in [0.5, 0.6) is 5.75 Å². The van der Waals surface area contributed by atoms with Crippen molar-refractivity contribution in [1.29, 1.82) is 0 Å². The Hall–Kier alpha value is -2.50. The third-order valence-corrected chi connectivity index (χ3v) is 2.43. The van der Waals surface area contributed by atoms with Crippen molar-refractivity contribution in [2.75, 3.05) is 17.7 Å². The van der Waals surface area contributed by atoms with Crippen LogP contribution >= 0.6 is 0 Å². The Labute approximate surface area is 111 Å². The number of nitrogen functional groups attached to an aromatic ring is 1. The molecule has 0 bridgehead atoms. The number of aromatic amines is 1. The number of hydrogen-bond acceptors (Lipinski definition) is 4. The monoisotopic (exact) mass is 260 g/mol. The highest BCUT2D eigenvalue weighted by Gasteiger charge is 2.05. The average molecular weight is 260 g/mol. The lowest BCUT2D eigenvalue weighted by molar-refractivity contribution is -0.116. The molecule has 0 unspecified atom stereocenters. The van der Waals surface area contributed by atoms with Gasteiger partial charge in [-0.15, -0.1) is 0 Å². The summed E-state index contributed by atoms with van der Waals surface area (Å²) in [4.78, 5) is 11.6. The van der Waals surface area contributed by atoms with E-state index in [0.717, 1.165) is 5.69 Å². The van der Waals surface area contributed by atoms with E-state index in [1.54, 1.807) is 30.3 Å². The smallest absolute Gasteiger partial charge is 0.229 e. The molecule has 0 saturated heterocycles. The molecule has 2 rings (SSSR count). The number of nitrogens with two attached hydrogens (primary N) is 1. The minimum absolute atomic E-state index is 0.143. The number of hydrogen-bond donors (Lipinski definition) is 3. The Bertz CT molecular complexity index is 565. The van der Waals surface area contributed by atoms with E-state index >= 15 is 0 Å². The Kier molecular flexibility index (Phi) is 4.02. The molecule has 1 amide bonds. The molecule has 4 N–H and O–H groups in total. The quantitative estimate of drug-likeness (QED) is 0.713. The van der Waals surface area contributed by atoms with Crippen molar-refractivity contribution in [3.8, 4) is 5.75 Å². The molecule has 0 aliphatic carbocycles. The largest absolute Gasteiger partial charge is 0.493 e. The molecule has 6 heteroatoms. The van der Waals surface area contributed by atoms with E-state index in [1.807, 2.05) is 6.92 Å². The second-order valence-corrected chi connectivity index (χ2v) is 4.16. The summed E-state index contributed by atoms with van der Waals surface area (Å²) in [5.41, 5.74) is 7.15. The van der Waals surface area contributed by atoms with Crippen LogP contribution < -0.4 is 15.8 Å². The molecule has 1 aromatic heterocycles. The van der Waals surface area contributed by atoms with Crippen molar-refractivity contribution in [3.05, 3.63) is 36.0 Å². The second-order valence-electron chi connectivity index (χ2n) is 4.16. The number of nitrogens with zero attached hydrogens (tertiary/aromatic N) is 1. The highest BCUT2D eigenvalue weighted by Crippen LogP contribution is 2.14. The SMILES string of the molecule is Cc1cc(NC(=O)CCOc2cccc(N)c2)n[nH]1. The van der Waals surface area contributed by atoms with Gasteiger partial charge in [-0.25, -0.2) is 0 Å². The molecule has 100 valence electrons. The van der Waals surface area contributed by atoms with Gasteiger partial charge in [0.15, 0.2) is 5.82 Å². The average Bonchev–Trinajstić information content (AvgIpc) is 2.75. The summed E-state index contributed by atoms with van der Waals surface area (Å²) in [6.45, 7) is 2.16. The first-order chi connectivity index (χ1) is 9.13. The van der Waals surface area contributed by atoms with Gasteiger partial charge in [0.2, 0.25) is 5.91 Å². The normalized spacial score (nSPS) is 10.2. The predicted octanol–water partition coefficient (Wildman–Crippen LogP) is 1.71. The minimum atomic E-state index is -0.143. The van der Waals surface area contributed by atoms with Gasteiger partial charge in [-0.3, -0.25) is 9.89 Å². The molecular weight excluding hydrogens is 244 g/mol. The molecule has 0 radical (unpaired) electrons. The number of aromatic nitrogens is 2. The van der Waals surface area contributed by atoms with E-state index in [2.05, 4.69) is 15.5 Å². The molecule has 0 spiro atoms. The highest BCUT2D eigenvalue weighted by molar-refractivity contribution is 5.89. The zero-order chi connectivity index (χ0) is 13.7. The van der Waals surface area contributed by atoms with Crippen molar-refractivity contribution in [3.63, 3.8) is 0 Å². The zero-order valence-corrected chi connectivity index (χ0v) is 10.6. The standard InChI is InChI=1S/C13H16N4O2/c1-9-7-12(17-16-9)15-13(18)5-6-19-11-4-2-3-10(14)8-11/h2-4,7-8H,5-6,14H2,1H3,(H2,15,16,17,18). The van der Waals surface area contributed by atoms with Crippen LogP contribution in [0, 0.1) is 6.92 Å². The second kappa shape index (κ2) is 5.90. The van der Waals surface area contributed by atoms with Gasteiger partial charge in [-0.05, 0) is 19.1 Å². The first-order valence-electron chi connectivity index (χ1n) is 5.94. The fourth-order valence-corrected chi connectivity index (χ4v) is 1.55. The molecule has 0 aliphatic rings. The van der Waals surface area contributed by atoms with Gasteiger partial charge in [-0.2, -0.15) is 5.10 Å². The van der Waals surface area contributed by atoms with Gasteiger partial charge in [0.1, 0.15) is 5.75 Å². The fraction of sp³-hybridized carbons (Fsp3) is 0.231. The summed E-state index contributed by atoms with van der Waals surface area (Å²) in [6.07, 6.45) is 0.251. The first kappa shape index (κ1) is 12.9. The fourth-order valence-electron chi connectivity index (χ4n) is 1.55. The molecule has 0 saturated carbocycles. The molecule has 0 aliphatic heterocycles. The van der Waals surface area contributed by atoms with Crippen molar-refractivity contribution >= 4 is 17.4 Å². The first-order valence-corrected chi connectivity index (χ1v) is 5.94. The summed E-state index contributed by atoms with van der Waals surface area (Å²) >= 11 is 0. The Morgan fingerprint density at radius 1 is 1.47 bits per heavy atom. The van der Waals surface area contributed by atoms with Gasteiger partial charge < -0.3 is 15.8 Å². The summed E-state index contributed by atoms with van der Waals surface area (Å²) < 4.78 is 5.43. The predicted molar refractivity (Wildman–Crippen MR) is 72.9 cm³/mol. The van der Waals surface area contributed by atoms with E-state index in [0.29, 0.717) is 23.9 Å². The Balaban J connectivity index is 1.75. The maximum absolute atomic E-state index is 11.6. The Morgan fingerprint density at radius 3 is 3.00 bits per heavy atom. The van der Waals surface area contributed by atoms with Gasteiger partial charge in [0.25, 0.3) is 0 Å². The lowest BCUT2D eigenvalue weighted by atomic mass is 10.3. The summed E-state index contributed by atoms with van der Waals surface area (Å²) in [6, 6.07) is 8.85. The van der Waals surface area contributed by atoms with E-state index in [1.165, 1.54) is 0 Å². The van der Waals surface area contributed by atoms with Gasteiger partial charge in [-0.1, -0.05) is 6.07 Å². The van der Waals surface area contributed by atoms with Crippen LogP contribution in [0.25, 0.3) is 0 Å².